The zero-order chi connectivity index (χ0) is 20.2. The molecule has 2 unspecified atom stereocenters. The van der Waals surface area contributed by atoms with Crippen molar-refractivity contribution in [3.8, 4) is 5.75 Å². The highest BCUT2D eigenvalue weighted by Crippen LogP contribution is 2.24. The fourth-order valence-corrected chi connectivity index (χ4v) is 3.43. The van der Waals surface area contributed by atoms with Crippen molar-refractivity contribution >= 4 is 11.9 Å². The Morgan fingerprint density at radius 2 is 1.96 bits per heavy atom. The Morgan fingerprint density at radius 3 is 2.68 bits per heavy atom. The van der Waals surface area contributed by atoms with E-state index in [1.165, 1.54) is 37.5 Å². The normalized spacial score (nSPS) is 17.1. The lowest BCUT2D eigenvalue weighted by Gasteiger charge is -2.21. The number of halogens is 1. The van der Waals surface area contributed by atoms with Crippen LogP contribution < -0.4 is 4.74 Å². The molecule has 1 aliphatic rings. The monoisotopic (exact) mass is 390 g/mol. The Bertz CT molecular complexity index is 656. The number of carbonyl (C=O) groups excluding carboxylic acids is 2. The highest BCUT2D eigenvalue weighted by Gasteiger charge is 2.17. The van der Waals surface area contributed by atoms with Gasteiger partial charge in [-0.25, -0.2) is 4.39 Å². The Balaban J connectivity index is 1.67. The predicted octanol–water partition coefficient (Wildman–Crippen LogP) is 5.75. The van der Waals surface area contributed by atoms with E-state index in [4.69, 9.17) is 9.47 Å². The molecule has 5 heteroatoms. The van der Waals surface area contributed by atoms with E-state index < -0.39 is 11.8 Å². The smallest absolute Gasteiger partial charge is 0.311 e. The minimum atomic E-state index is -0.578. The van der Waals surface area contributed by atoms with Crippen LogP contribution in [-0.4, -0.2) is 18.0 Å². The zero-order valence-corrected chi connectivity index (χ0v) is 16.7. The molecule has 1 aliphatic carbocycles. The molecule has 0 radical (unpaired) electrons. The van der Waals surface area contributed by atoms with Crippen LogP contribution in [0.25, 0.3) is 0 Å². The third kappa shape index (κ3) is 8.24. The molecular weight excluding hydrogens is 359 g/mol. The summed E-state index contributed by atoms with van der Waals surface area (Å²) >= 11 is 0. The second kappa shape index (κ2) is 12.3. The summed E-state index contributed by atoms with van der Waals surface area (Å²) in [6, 6.07) is 5.76. The lowest BCUT2D eigenvalue weighted by molar-refractivity contribution is -0.150. The van der Waals surface area contributed by atoms with Crippen molar-refractivity contribution in [2.24, 2.45) is 5.92 Å². The highest BCUT2D eigenvalue weighted by molar-refractivity contribution is 5.74. The SMILES string of the molecule is CCCC(CCC1C=CCCC1)OC(=O)CCCC(=O)Oc1ccccc1F. The summed E-state index contributed by atoms with van der Waals surface area (Å²) in [5.74, 6) is -0.899. The molecule has 2 atom stereocenters. The van der Waals surface area contributed by atoms with E-state index >= 15 is 0 Å². The first-order valence-electron chi connectivity index (χ1n) is 10.4. The van der Waals surface area contributed by atoms with E-state index in [1.807, 2.05) is 0 Å². The standard InChI is InChI=1S/C23H31FO4/c1-2-9-19(17-16-18-10-4-3-5-11-18)27-22(25)14-8-15-23(26)28-21-13-7-6-12-20(21)24/h4,6-7,10,12-13,18-19H,2-3,5,8-9,11,14-17H2,1H3. The van der Waals surface area contributed by atoms with Crippen molar-refractivity contribution in [1.82, 2.24) is 0 Å². The van der Waals surface area contributed by atoms with Gasteiger partial charge in [0.05, 0.1) is 0 Å². The Hall–Kier alpha value is -2.17. The average molecular weight is 390 g/mol. The third-order valence-corrected chi connectivity index (χ3v) is 4.94. The van der Waals surface area contributed by atoms with Crippen molar-refractivity contribution in [3.63, 3.8) is 0 Å². The van der Waals surface area contributed by atoms with Gasteiger partial charge in [-0.3, -0.25) is 9.59 Å². The third-order valence-electron chi connectivity index (χ3n) is 4.94. The van der Waals surface area contributed by atoms with Gasteiger partial charge in [-0.1, -0.05) is 37.6 Å². The Labute approximate surface area is 167 Å². The second-order valence-electron chi connectivity index (χ2n) is 7.36. The molecule has 4 nitrogen and oxygen atoms in total. The molecule has 0 spiro atoms. The Morgan fingerprint density at radius 1 is 1.18 bits per heavy atom. The number of benzene rings is 1. The maximum atomic E-state index is 13.5. The maximum Gasteiger partial charge on any atom is 0.311 e. The van der Waals surface area contributed by atoms with Crippen LogP contribution in [0, 0.1) is 11.7 Å². The number of rotatable bonds is 11. The quantitative estimate of drug-likeness (QED) is 0.274. The first kappa shape index (κ1) is 22.1. The van der Waals surface area contributed by atoms with E-state index in [-0.39, 0.29) is 30.7 Å². The van der Waals surface area contributed by atoms with Crippen molar-refractivity contribution < 1.29 is 23.5 Å². The van der Waals surface area contributed by atoms with E-state index in [1.54, 1.807) is 6.07 Å². The summed E-state index contributed by atoms with van der Waals surface area (Å²) in [4.78, 5) is 23.9. The van der Waals surface area contributed by atoms with Crippen LogP contribution in [-0.2, 0) is 14.3 Å². The predicted molar refractivity (Wildman–Crippen MR) is 106 cm³/mol. The number of hydrogen-bond acceptors (Lipinski definition) is 4. The van der Waals surface area contributed by atoms with Gasteiger partial charge < -0.3 is 9.47 Å². The van der Waals surface area contributed by atoms with Crippen molar-refractivity contribution in [1.29, 1.82) is 0 Å². The van der Waals surface area contributed by atoms with Gasteiger partial charge in [0, 0.05) is 12.8 Å². The molecule has 28 heavy (non-hydrogen) atoms. The average Bonchev–Trinajstić information content (AvgIpc) is 2.69. The fraction of sp³-hybridized carbons (Fsp3) is 0.565. The highest BCUT2D eigenvalue weighted by atomic mass is 19.1. The summed E-state index contributed by atoms with van der Waals surface area (Å²) in [5.41, 5.74) is 0. The molecule has 0 saturated carbocycles. The Kier molecular flexibility index (Phi) is 9.73. The van der Waals surface area contributed by atoms with Gasteiger partial charge in [0.15, 0.2) is 11.6 Å². The van der Waals surface area contributed by atoms with Crippen LogP contribution in [0.15, 0.2) is 36.4 Å². The van der Waals surface area contributed by atoms with Crippen LogP contribution in [0.1, 0.15) is 71.1 Å². The topological polar surface area (TPSA) is 52.6 Å². The minimum Gasteiger partial charge on any atom is -0.462 e. The summed E-state index contributed by atoms with van der Waals surface area (Å²) in [5, 5.41) is 0. The number of para-hydroxylation sites is 1. The van der Waals surface area contributed by atoms with Crippen molar-refractivity contribution in [3.05, 3.63) is 42.2 Å². The minimum absolute atomic E-state index is 0.0503. The molecule has 0 aromatic heterocycles. The lowest BCUT2D eigenvalue weighted by Crippen LogP contribution is -2.20. The zero-order valence-electron chi connectivity index (χ0n) is 16.7. The van der Waals surface area contributed by atoms with Crippen LogP contribution in [0.3, 0.4) is 0 Å². The van der Waals surface area contributed by atoms with E-state index in [2.05, 4.69) is 19.1 Å². The molecule has 1 aromatic rings. The van der Waals surface area contributed by atoms with Gasteiger partial charge in [-0.2, -0.15) is 0 Å². The second-order valence-corrected chi connectivity index (χ2v) is 7.36. The van der Waals surface area contributed by atoms with Gasteiger partial charge in [0.1, 0.15) is 6.10 Å². The van der Waals surface area contributed by atoms with Crippen LogP contribution in [0.4, 0.5) is 4.39 Å². The fourth-order valence-electron chi connectivity index (χ4n) is 3.43. The van der Waals surface area contributed by atoms with Gasteiger partial charge in [-0.15, -0.1) is 0 Å². The van der Waals surface area contributed by atoms with Crippen molar-refractivity contribution in [2.75, 3.05) is 0 Å². The maximum absolute atomic E-state index is 13.5. The first-order chi connectivity index (χ1) is 13.6. The molecule has 0 fully saturated rings. The molecule has 0 amide bonds. The molecule has 0 bridgehead atoms. The van der Waals surface area contributed by atoms with Crippen LogP contribution >= 0.6 is 0 Å². The van der Waals surface area contributed by atoms with Gasteiger partial charge in [0.2, 0.25) is 0 Å². The molecule has 0 N–H and O–H groups in total. The molecule has 0 aliphatic heterocycles. The van der Waals surface area contributed by atoms with E-state index in [0.717, 1.165) is 25.7 Å². The summed E-state index contributed by atoms with van der Waals surface area (Å²) in [6.45, 7) is 2.08. The molecule has 1 aromatic carbocycles. The first-order valence-corrected chi connectivity index (χ1v) is 10.4. The van der Waals surface area contributed by atoms with Gasteiger partial charge in [-0.05, 0) is 63.0 Å². The number of esters is 2. The summed E-state index contributed by atoms with van der Waals surface area (Å²) in [6.07, 6.45) is 12.4. The molecule has 154 valence electrons. The largest absolute Gasteiger partial charge is 0.462 e. The van der Waals surface area contributed by atoms with Crippen molar-refractivity contribution in [2.45, 2.75) is 77.2 Å². The summed E-state index contributed by atoms with van der Waals surface area (Å²) in [7, 11) is 0. The molecule has 2 rings (SSSR count). The number of carbonyl (C=O) groups is 2. The molecule has 0 heterocycles. The number of hydrogen-bond donors (Lipinski definition) is 0. The van der Waals surface area contributed by atoms with E-state index in [9.17, 15) is 14.0 Å². The van der Waals surface area contributed by atoms with Gasteiger partial charge in [0.25, 0.3) is 0 Å². The number of ether oxygens (including phenoxy) is 2. The lowest BCUT2D eigenvalue weighted by atomic mass is 9.90. The van der Waals surface area contributed by atoms with Crippen LogP contribution in [0.2, 0.25) is 0 Å². The molecular formula is C23H31FO4. The van der Waals surface area contributed by atoms with Gasteiger partial charge >= 0.3 is 11.9 Å². The van der Waals surface area contributed by atoms with Crippen LogP contribution in [0.5, 0.6) is 5.75 Å². The summed E-state index contributed by atoms with van der Waals surface area (Å²) < 4.78 is 24.1. The molecule has 0 saturated heterocycles. The number of allylic oxidation sites excluding steroid dienone is 2. The van der Waals surface area contributed by atoms with E-state index in [0.29, 0.717) is 12.3 Å².